The number of likely N-dealkylation sites (tertiary alicyclic amines) is 3. The first-order chi connectivity index (χ1) is 37.8. The van der Waals surface area contributed by atoms with Gasteiger partial charge in [0, 0.05) is 87.1 Å². The number of amides is 3. The van der Waals surface area contributed by atoms with Gasteiger partial charge in [-0.3, -0.25) is 29.4 Å². The van der Waals surface area contributed by atoms with Crippen LogP contribution in [-0.4, -0.2) is 146 Å². The Kier molecular flexibility index (Phi) is 13.3. The van der Waals surface area contributed by atoms with Crippen molar-refractivity contribution in [1.29, 1.82) is 0 Å². The molecule has 18 heteroatoms. The fourth-order valence-corrected chi connectivity index (χ4v) is 14.2. The molecule has 2 unspecified atom stereocenters. The third kappa shape index (κ3) is 9.52. The zero-order chi connectivity index (χ0) is 53.5. The summed E-state index contributed by atoms with van der Waals surface area (Å²) >= 11 is 0. The lowest BCUT2D eigenvalue weighted by Crippen LogP contribution is -2.56. The van der Waals surface area contributed by atoms with Crippen molar-refractivity contribution < 1.29 is 37.7 Å². The molecule has 7 aliphatic rings. The average molecular weight is 1070 g/mol. The summed E-state index contributed by atoms with van der Waals surface area (Å²) in [6.45, 7) is 10.5. The Labute approximate surface area is 452 Å². The Bertz CT molecular complexity index is 3340. The fraction of sp³-hybridized carbons (Fsp3) is 0.550. The molecule has 6 aromatic rings. The number of hydrogen-bond acceptors (Lipinski definition) is 13. The van der Waals surface area contributed by atoms with Crippen molar-refractivity contribution in [3.8, 4) is 23.0 Å². The van der Waals surface area contributed by atoms with Crippen LogP contribution in [0.3, 0.4) is 0 Å². The van der Waals surface area contributed by atoms with Crippen LogP contribution in [0.5, 0.6) is 11.8 Å². The first-order valence-electron chi connectivity index (χ1n) is 28.7. The number of imide groups is 1. The van der Waals surface area contributed by atoms with Gasteiger partial charge in [0.2, 0.25) is 17.7 Å². The maximum Gasteiger partial charge on any atom is 0.319 e. The topological polar surface area (TPSA) is 171 Å². The number of pyridine rings is 1. The average Bonchev–Trinajstić information content (AvgIpc) is 4.24. The lowest BCUT2D eigenvalue weighted by molar-refractivity contribution is -0.151. The van der Waals surface area contributed by atoms with E-state index in [0.29, 0.717) is 89.9 Å². The molecular weight excluding hydrogens is 995 g/mol. The molecule has 0 bridgehead atoms. The van der Waals surface area contributed by atoms with E-state index in [2.05, 4.69) is 48.1 Å². The highest BCUT2D eigenvalue weighted by atomic mass is 19.1. The van der Waals surface area contributed by atoms with Crippen molar-refractivity contribution in [2.45, 2.75) is 120 Å². The van der Waals surface area contributed by atoms with E-state index in [-0.39, 0.29) is 51.7 Å². The number of ether oxygens (including phenoxy) is 2. The molecule has 0 radical (unpaired) electrons. The predicted molar refractivity (Wildman–Crippen MR) is 291 cm³/mol. The van der Waals surface area contributed by atoms with Crippen molar-refractivity contribution in [1.82, 2.24) is 44.7 Å². The van der Waals surface area contributed by atoms with Gasteiger partial charge in [-0.2, -0.15) is 15.1 Å². The second kappa shape index (κ2) is 20.4. The molecular formula is C60H70F2N10O6. The lowest BCUT2D eigenvalue weighted by atomic mass is 9.86. The number of carbonyl (C=O) groups excluding carboxylic acids is 3. The SMILES string of the molecule is CCc1c(F)ccc2cc(O)cc(-c3ncc4c(N5CCCC6(CCO6)C5)nc(OCC5(CN6CCC(C(=O)N7CCC(N8CCC(c9ccc%10c(C%11CCC(=O)NC%11=O)nn(C)c%10c9)CC8)CC7)CC6)CC5)nc4c3F)c12. The third-order valence-corrected chi connectivity index (χ3v) is 18.9. The molecule has 3 aromatic heterocycles. The Morgan fingerprint density at radius 3 is 2.42 bits per heavy atom. The third-order valence-electron chi connectivity index (χ3n) is 18.9. The number of phenols is 1. The first-order valence-corrected chi connectivity index (χ1v) is 28.7. The van der Waals surface area contributed by atoms with Gasteiger partial charge in [0.15, 0.2) is 5.82 Å². The molecule has 6 saturated heterocycles. The monoisotopic (exact) mass is 1060 g/mol. The molecule has 2 atom stereocenters. The predicted octanol–water partition coefficient (Wildman–Crippen LogP) is 8.30. The number of aromatic nitrogens is 5. The number of anilines is 1. The largest absolute Gasteiger partial charge is 0.508 e. The smallest absolute Gasteiger partial charge is 0.319 e. The summed E-state index contributed by atoms with van der Waals surface area (Å²) < 4.78 is 47.1. The summed E-state index contributed by atoms with van der Waals surface area (Å²) in [4.78, 5) is 62.3. The van der Waals surface area contributed by atoms with Crippen LogP contribution in [0.25, 0.3) is 43.8 Å². The van der Waals surface area contributed by atoms with E-state index in [0.717, 1.165) is 140 Å². The molecule has 6 aliphatic heterocycles. The normalized spacial score (nSPS) is 23.9. The number of nitrogens with one attached hydrogen (secondary N) is 1. The molecule has 1 spiro atoms. The molecule has 1 aliphatic carbocycles. The van der Waals surface area contributed by atoms with Crippen LogP contribution in [0, 0.1) is 23.0 Å². The van der Waals surface area contributed by atoms with Crippen molar-refractivity contribution in [2.24, 2.45) is 18.4 Å². The van der Waals surface area contributed by atoms with Gasteiger partial charge in [-0.15, -0.1) is 0 Å². The van der Waals surface area contributed by atoms with Crippen molar-refractivity contribution in [2.75, 3.05) is 77.0 Å². The molecule has 2 N–H and O–H groups in total. The molecule has 9 heterocycles. The van der Waals surface area contributed by atoms with Gasteiger partial charge in [0.25, 0.3) is 0 Å². The van der Waals surface area contributed by atoms with Crippen LogP contribution in [0.1, 0.15) is 119 Å². The highest BCUT2D eigenvalue weighted by Gasteiger charge is 2.47. The van der Waals surface area contributed by atoms with E-state index in [9.17, 15) is 19.5 Å². The molecule has 3 amide bonds. The summed E-state index contributed by atoms with van der Waals surface area (Å²) in [5.41, 5.74) is 3.46. The van der Waals surface area contributed by atoms with E-state index >= 15 is 8.78 Å². The van der Waals surface area contributed by atoms with Crippen LogP contribution >= 0.6 is 0 Å². The lowest BCUT2D eigenvalue weighted by Gasteiger charge is -2.48. The van der Waals surface area contributed by atoms with Gasteiger partial charge in [0.1, 0.15) is 28.6 Å². The van der Waals surface area contributed by atoms with Crippen molar-refractivity contribution >= 4 is 56.1 Å². The Balaban J connectivity index is 0.622. The Hall–Kier alpha value is -6.37. The van der Waals surface area contributed by atoms with Crippen molar-refractivity contribution in [3.05, 3.63) is 77.1 Å². The standard InChI is InChI=1S/C60H70F2N10O6/c1-3-42-47(61)9-6-39-29-41(73)31-45(50(39)42)53-51(62)54-46(32-63-53)55(72-21-4-17-60(34-72)20-28-78-60)66-58(65-54)77-35-59(18-19-59)33-69-22-11-37(12-23-69)57(76)71-26-15-40(16-27-71)70-24-13-36(14-25-70)38-5-7-43-48(30-38)68(2)67-52(43)44-8-10-49(74)64-56(44)75/h5-7,9,29-32,36-37,40,44,73H,3-4,8,10-28,33-35H2,1-2H3,(H,64,74,75). The van der Waals surface area contributed by atoms with E-state index in [1.54, 1.807) is 18.3 Å². The summed E-state index contributed by atoms with van der Waals surface area (Å²) in [5, 5.41) is 20.5. The van der Waals surface area contributed by atoms with E-state index in [1.807, 2.05) is 18.7 Å². The van der Waals surface area contributed by atoms with Gasteiger partial charge in [-0.1, -0.05) is 25.1 Å². The number of carbonyl (C=O) groups is 3. The minimum atomic E-state index is -0.687. The highest BCUT2D eigenvalue weighted by Crippen LogP contribution is 2.48. The summed E-state index contributed by atoms with van der Waals surface area (Å²) in [5.74, 6) is -0.729. The second-order valence-corrected chi connectivity index (χ2v) is 23.8. The van der Waals surface area contributed by atoms with Crippen LogP contribution in [0.15, 0.2) is 48.7 Å². The summed E-state index contributed by atoms with van der Waals surface area (Å²) in [7, 11) is 1.93. The van der Waals surface area contributed by atoms with Gasteiger partial charge >= 0.3 is 6.01 Å². The number of nitrogens with zero attached hydrogens (tertiary/aromatic N) is 9. The second-order valence-electron chi connectivity index (χ2n) is 23.8. The number of benzene rings is 3. The van der Waals surface area contributed by atoms with Crippen LogP contribution in [0.2, 0.25) is 0 Å². The number of hydrogen-bond donors (Lipinski definition) is 2. The zero-order valence-electron chi connectivity index (χ0n) is 44.9. The number of piperidine rings is 5. The highest BCUT2D eigenvalue weighted by molar-refractivity contribution is 6.03. The van der Waals surface area contributed by atoms with Gasteiger partial charge < -0.3 is 34.2 Å². The number of halogens is 2. The Morgan fingerprint density at radius 1 is 0.897 bits per heavy atom. The Morgan fingerprint density at radius 2 is 1.69 bits per heavy atom. The number of rotatable bonds is 12. The maximum absolute atomic E-state index is 17.3. The first kappa shape index (κ1) is 51.1. The quantitative estimate of drug-likeness (QED) is 0.112. The molecule has 7 fully saturated rings. The summed E-state index contributed by atoms with van der Waals surface area (Å²) in [6, 6.07) is 13.1. The number of phenolic OH excluding ortho intramolecular Hbond substituents is 1. The van der Waals surface area contributed by atoms with Crippen LogP contribution in [-0.2, 0) is 32.6 Å². The fourth-order valence-electron chi connectivity index (χ4n) is 14.2. The molecule has 1 saturated carbocycles. The van der Waals surface area contributed by atoms with E-state index < -0.39 is 17.6 Å². The molecule has 78 heavy (non-hydrogen) atoms. The van der Waals surface area contributed by atoms with E-state index in [4.69, 9.17) is 24.5 Å². The van der Waals surface area contributed by atoms with Gasteiger partial charge in [0.05, 0.1) is 41.3 Å². The van der Waals surface area contributed by atoms with Gasteiger partial charge in [-0.05, 0) is 155 Å². The van der Waals surface area contributed by atoms with Crippen LogP contribution < -0.4 is 15.0 Å². The van der Waals surface area contributed by atoms with Crippen molar-refractivity contribution in [3.63, 3.8) is 0 Å². The zero-order valence-corrected chi connectivity index (χ0v) is 44.9. The molecule has 13 rings (SSSR count). The number of aromatic hydroxyl groups is 1. The maximum atomic E-state index is 17.3. The minimum absolute atomic E-state index is 0.0280. The number of aryl methyl sites for hydroxylation is 2. The number of fused-ring (bicyclic) bond motifs is 3. The summed E-state index contributed by atoms with van der Waals surface area (Å²) in [6.07, 6.45) is 13.4. The molecule has 16 nitrogen and oxygen atoms in total. The minimum Gasteiger partial charge on any atom is -0.508 e. The van der Waals surface area contributed by atoms with E-state index in [1.165, 1.54) is 17.7 Å². The van der Waals surface area contributed by atoms with Gasteiger partial charge in [-0.25, -0.2) is 8.78 Å². The van der Waals surface area contributed by atoms with Crippen LogP contribution in [0.4, 0.5) is 14.6 Å². The molecule has 3 aromatic carbocycles. The molecule has 410 valence electrons.